The lowest BCUT2D eigenvalue weighted by atomic mass is 10.1. The van der Waals surface area contributed by atoms with Gasteiger partial charge < -0.3 is 15.8 Å². The molecule has 2 heterocycles. The molecule has 1 aromatic heterocycles. The van der Waals surface area contributed by atoms with Gasteiger partial charge in [0.2, 0.25) is 0 Å². The van der Waals surface area contributed by atoms with Crippen molar-refractivity contribution in [2.45, 2.75) is 26.2 Å². The van der Waals surface area contributed by atoms with Crippen molar-refractivity contribution >= 4 is 11.6 Å². The molecule has 0 aromatic carbocycles. The molecule has 6 heteroatoms. The van der Waals surface area contributed by atoms with Crippen LogP contribution in [0.25, 0.3) is 0 Å². The summed E-state index contributed by atoms with van der Waals surface area (Å²) < 4.78 is 5.29. The smallest absolute Gasteiger partial charge is 0.273 e. The van der Waals surface area contributed by atoms with E-state index in [4.69, 9.17) is 10.5 Å². The van der Waals surface area contributed by atoms with Crippen LogP contribution in [0.3, 0.4) is 0 Å². The molecule has 1 fully saturated rings. The highest BCUT2D eigenvalue weighted by molar-refractivity contribution is 5.97. The van der Waals surface area contributed by atoms with E-state index in [0.29, 0.717) is 23.8 Å². The Balaban J connectivity index is 1.81. The first-order valence-corrected chi connectivity index (χ1v) is 6.41. The van der Waals surface area contributed by atoms with Crippen molar-refractivity contribution in [3.8, 4) is 0 Å². The predicted molar refractivity (Wildman–Crippen MR) is 68.3 cm³/mol. The number of rotatable bonds is 5. The van der Waals surface area contributed by atoms with Gasteiger partial charge in [-0.1, -0.05) is 6.92 Å². The molecule has 1 aromatic rings. The third kappa shape index (κ3) is 2.81. The number of aromatic nitrogens is 2. The van der Waals surface area contributed by atoms with Crippen LogP contribution >= 0.6 is 0 Å². The zero-order chi connectivity index (χ0) is 13.0. The number of ether oxygens (including phenoxy) is 1. The molecule has 100 valence electrons. The molecule has 4 N–H and O–H groups in total. The van der Waals surface area contributed by atoms with Gasteiger partial charge in [-0.05, 0) is 25.2 Å². The van der Waals surface area contributed by atoms with Gasteiger partial charge in [-0.15, -0.1) is 0 Å². The first-order valence-electron chi connectivity index (χ1n) is 6.41. The Morgan fingerprint density at radius 2 is 2.50 bits per heavy atom. The van der Waals surface area contributed by atoms with E-state index < -0.39 is 0 Å². The molecule has 1 saturated heterocycles. The zero-order valence-corrected chi connectivity index (χ0v) is 10.7. The Morgan fingerprint density at radius 3 is 3.11 bits per heavy atom. The third-order valence-electron chi connectivity index (χ3n) is 3.31. The Labute approximate surface area is 106 Å². The highest BCUT2D eigenvalue weighted by atomic mass is 16.5. The molecule has 0 spiro atoms. The van der Waals surface area contributed by atoms with Crippen molar-refractivity contribution in [2.24, 2.45) is 5.92 Å². The summed E-state index contributed by atoms with van der Waals surface area (Å²) in [4.78, 5) is 11.9. The Bertz CT molecular complexity index is 410. The number of carbonyl (C=O) groups is 1. The number of H-pyrrole nitrogens is 1. The van der Waals surface area contributed by atoms with Crippen LogP contribution in [0.15, 0.2) is 0 Å². The molecule has 6 nitrogen and oxygen atoms in total. The zero-order valence-electron chi connectivity index (χ0n) is 10.7. The standard InChI is InChI=1S/C12H20N4O2/c1-2-9-10(13)11(16-15-9)12(17)14-5-3-8-4-6-18-7-8/h8H,2-7,13H2,1H3,(H,14,17)(H,15,16). The Hall–Kier alpha value is -1.56. The summed E-state index contributed by atoms with van der Waals surface area (Å²) in [5.41, 5.74) is 7.40. The summed E-state index contributed by atoms with van der Waals surface area (Å²) in [6.07, 6.45) is 2.77. The summed E-state index contributed by atoms with van der Waals surface area (Å²) in [5, 5.41) is 9.58. The lowest BCUT2D eigenvalue weighted by molar-refractivity contribution is 0.0946. The van der Waals surface area contributed by atoms with E-state index in [9.17, 15) is 4.79 Å². The second kappa shape index (κ2) is 5.86. The maximum absolute atomic E-state index is 11.9. The van der Waals surface area contributed by atoms with E-state index >= 15 is 0 Å². The molecule has 0 aliphatic carbocycles. The molecule has 0 radical (unpaired) electrons. The lowest BCUT2D eigenvalue weighted by Crippen LogP contribution is -2.27. The van der Waals surface area contributed by atoms with E-state index in [1.165, 1.54) is 0 Å². The topological polar surface area (TPSA) is 93.0 Å². The minimum Gasteiger partial charge on any atom is -0.395 e. The van der Waals surface area contributed by atoms with E-state index in [-0.39, 0.29) is 5.91 Å². The number of aromatic amines is 1. The Kier molecular flexibility index (Phi) is 4.19. The van der Waals surface area contributed by atoms with E-state index in [1.807, 2.05) is 6.92 Å². The highest BCUT2D eigenvalue weighted by Crippen LogP contribution is 2.16. The van der Waals surface area contributed by atoms with Gasteiger partial charge in [-0.25, -0.2) is 0 Å². The van der Waals surface area contributed by atoms with Crippen LogP contribution in [0.4, 0.5) is 5.69 Å². The van der Waals surface area contributed by atoms with Crippen LogP contribution in [0.5, 0.6) is 0 Å². The van der Waals surface area contributed by atoms with Crippen molar-refractivity contribution in [1.82, 2.24) is 15.5 Å². The van der Waals surface area contributed by atoms with Crippen molar-refractivity contribution < 1.29 is 9.53 Å². The number of nitrogens with two attached hydrogens (primary N) is 1. The summed E-state index contributed by atoms with van der Waals surface area (Å²) >= 11 is 0. The SMILES string of the molecule is CCc1[nH]nc(C(=O)NCCC2CCOC2)c1N. The molecule has 1 atom stereocenters. The predicted octanol–water partition coefficient (Wildman–Crippen LogP) is 0.711. The van der Waals surface area contributed by atoms with Gasteiger partial charge in [0, 0.05) is 19.8 Å². The fraction of sp³-hybridized carbons (Fsp3) is 0.667. The summed E-state index contributed by atoms with van der Waals surface area (Å²) in [6.45, 7) is 4.25. The van der Waals surface area contributed by atoms with Gasteiger partial charge in [0.25, 0.3) is 5.91 Å². The second-order valence-corrected chi connectivity index (χ2v) is 4.59. The molecule has 1 unspecified atom stereocenters. The van der Waals surface area contributed by atoms with Crippen molar-refractivity contribution in [2.75, 3.05) is 25.5 Å². The number of carbonyl (C=O) groups excluding carboxylic acids is 1. The molecule has 0 saturated carbocycles. The van der Waals surface area contributed by atoms with Gasteiger partial charge in [-0.2, -0.15) is 5.10 Å². The molecule has 1 amide bonds. The number of hydrogen-bond acceptors (Lipinski definition) is 4. The average molecular weight is 252 g/mol. The van der Waals surface area contributed by atoms with Crippen LogP contribution in [0.2, 0.25) is 0 Å². The monoisotopic (exact) mass is 252 g/mol. The summed E-state index contributed by atoms with van der Waals surface area (Å²) in [5.74, 6) is 0.357. The van der Waals surface area contributed by atoms with E-state index in [1.54, 1.807) is 0 Å². The minimum absolute atomic E-state index is 0.206. The van der Waals surface area contributed by atoms with Crippen molar-refractivity contribution in [3.05, 3.63) is 11.4 Å². The first kappa shape index (κ1) is 12.9. The van der Waals surface area contributed by atoms with Gasteiger partial charge in [0.05, 0.1) is 11.4 Å². The van der Waals surface area contributed by atoms with E-state index in [0.717, 1.165) is 38.2 Å². The lowest BCUT2D eigenvalue weighted by Gasteiger charge is -2.08. The highest BCUT2D eigenvalue weighted by Gasteiger charge is 2.18. The molecule has 18 heavy (non-hydrogen) atoms. The maximum atomic E-state index is 11.9. The fourth-order valence-electron chi connectivity index (χ4n) is 2.11. The van der Waals surface area contributed by atoms with Crippen LogP contribution in [-0.2, 0) is 11.2 Å². The maximum Gasteiger partial charge on any atom is 0.273 e. The van der Waals surface area contributed by atoms with Crippen LogP contribution in [-0.4, -0.2) is 35.9 Å². The van der Waals surface area contributed by atoms with Gasteiger partial charge in [0.1, 0.15) is 0 Å². The molecular formula is C12H20N4O2. The van der Waals surface area contributed by atoms with Crippen molar-refractivity contribution in [3.63, 3.8) is 0 Å². The van der Waals surface area contributed by atoms with E-state index in [2.05, 4.69) is 15.5 Å². The fourth-order valence-corrected chi connectivity index (χ4v) is 2.11. The van der Waals surface area contributed by atoms with Crippen LogP contribution in [0.1, 0.15) is 35.9 Å². The van der Waals surface area contributed by atoms with Gasteiger partial charge >= 0.3 is 0 Å². The van der Waals surface area contributed by atoms with Crippen molar-refractivity contribution in [1.29, 1.82) is 0 Å². The van der Waals surface area contributed by atoms with Gasteiger partial charge in [-0.3, -0.25) is 9.89 Å². The minimum atomic E-state index is -0.206. The normalized spacial score (nSPS) is 19.1. The van der Waals surface area contributed by atoms with Gasteiger partial charge in [0.15, 0.2) is 5.69 Å². The molecule has 1 aliphatic heterocycles. The quantitative estimate of drug-likeness (QED) is 0.719. The number of nitrogens with zero attached hydrogens (tertiary/aromatic N) is 1. The molecule has 2 rings (SSSR count). The van der Waals surface area contributed by atoms with Crippen LogP contribution < -0.4 is 11.1 Å². The second-order valence-electron chi connectivity index (χ2n) is 4.59. The number of nitrogens with one attached hydrogen (secondary N) is 2. The third-order valence-corrected chi connectivity index (χ3v) is 3.31. The number of nitrogen functional groups attached to an aromatic ring is 1. The average Bonchev–Trinajstić information content (AvgIpc) is 2.98. The summed E-state index contributed by atoms with van der Waals surface area (Å²) in [7, 11) is 0. The Morgan fingerprint density at radius 1 is 1.67 bits per heavy atom. The molecule has 0 bridgehead atoms. The molecule has 1 aliphatic rings. The first-order chi connectivity index (χ1) is 8.72. The summed E-state index contributed by atoms with van der Waals surface area (Å²) in [6, 6.07) is 0. The van der Waals surface area contributed by atoms with Crippen LogP contribution in [0, 0.1) is 5.92 Å². The molecular weight excluding hydrogens is 232 g/mol. The number of aryl methyl sites for hydroxylation is 1. The number of amides is 1. The number of anilines is 1. The number of hydrogen-bond donors (Lipinski definition) is 3. The largest absolute Gasteiger partial charge is 0.395 e.